The third-order valence-electron chi connectivity index (χ3n) is 8.32. The van der Waals surface area contributed by atoms with Gasteiger partial charge in [-0.05, 0) is 12.1 Å². The molecule has 0 aromatic heterocycles. The SMILES string of the molecule is CC(=O)NC1C(Oc2ccc([N+](=O)[O-])cc2)OC2COC(c3ccccc3)OC2C1OC1OC(COC(C)=O)C(OC(C)=O)C(OC(C)=O)C1OC(C)=O. The summed E-state index contributed by atoms with van der Waals surface area (Å²) in [4.78, 5) is 72.5. The molecule has 0 aliphatic carbocycles. The number of non-ortho nitro benzene ring substituents is 1. The second-order valence-electron chi connectivity index (χ2n) is 12.5. The van der Waals surface area contributed by atoms with Crippen molar-refractivity contribution in [3.63, 3.8) is 0 Å². The lowest BCUT2D eigenvalue weighted by atomic mass is 9.94. The summed E-state index contributed by atoms with van der Waals surface area (Å²) in [5.74, 6) is -3.66. The third-order valence-corrected chi connectivity index (χ3v) is 8.32. The van der Waals surface area contributed by atoms with Crippen molar-refractivity contribution in [2.75, 3.05) is 13.2 Å². The number of hydrogen-bond donors (Lipinski definition) is 1. The minimum Gasteiger partial charge on any atom is -0.463 e. The number of benzene rings is 2. The Morgan fingerprint density at radius 1 is 0.759 bits per heavy atom. The van der Waals surface area contributed by atoms with Gasteiger partial charge in [0.1, 0.15) is 42.8 Å². The van der Waals surface area contributed by atoms with Gasteiger partial charge in [0.05, 0.1) is 11.5 Å². The first-order chi connectivity index (χ1) is 25.7. The molecule has 292 valence electrons. The normalized spacial score (nSPS) is 30.4. The second kappa shape index (κ2) is 17.7. The number of nitrogens with one attached hydrogen (secondary N) is 1. The number of carbonyl (C=O) groups excluding carboxylic acids is 5. The van der Waals surface area contributed by atoms with Crippen molar-refractivity contribution < 1.29 is 76.3 Å². The Kier molecular flexibility index (Phi) is 13.1. The number of nitro benzene ring substituents is 1. The first-order valence-electron chi connectivity index (χ1n) is 16.8. The highest BCUT2D eigenvalue weighted by atomic mass is 16.8. The molecule has 0 spiro atoms. The van der Waals surface area contributed by atoms with Gasteiger partial charge in [0.15, 0.2) is 30.9 Å². The molecular weight excluding hydrogens is 720 g/mol. The van der Waals surface area contributed by atoms with E-state index < -0.39 is 109 Å². The molecule has 19 heteroatoms. The van der Waals surface area contributed by atoms with E-state index in [2.05, 4.69) is 5.32 Å². The van der Waals surface area contributed by atoms with Crippen LogP contribution in [0.4, 0.5) is 5.69 Å². The maximum Gasteiger partial charge on any atom is 0.303 e. The van der Waals surface area contributed by atoms with Crippen LogP contribution in [0.1, 0.15) is 46.5 Å². The fourth-order valence-corrected chi connectivity index (χ4v) is 6.24. The summed E-state index contributed by atoms with van der Waals surface area (Å²) >= 11 is 0. The summed E-state index contributed by atoms with van der Waals surface area (Å²) in [5.41, 5.74) is 0.443. The third kappa shape index (κ3) is 10.1. The van der Waals surface area contributed by atoms with Crippen LogP contribution in [-0.4, -0.2) is 109 Å². The van der Waals surface area contributed by atoms with Gasteiger partial charge in [-0.15, -0.1) is 0 Å². The molecule has 2 aromatic carbocycles. The second-order valence-corrected chi connectivity index (χ2v) is 12.5. The average molecular weight is 761 g/mol. The van der Waals surface area contributed by atoms with Gasteiger partial charge in [-0.3, -0.25) is 34.1 Å². The number of hydrogen-bond acceptors (Lipinski definition) is 17. The molecule has 11 atom stereocenters. The van der Waals surface area contributed by atoms with Gasteiger partial charge in [-0.1, -0.05) is 30.3 Å². The van der Waals surface area contributed by atoms with Gasteiger partial charge < -0.3 is 52.7 Å². The van der Waals surface area contributed by atoms with Crippen LogP contribution in [0.5, 0.6) is 5.75 Å². The van der Waals surface area contributed by atoms with Crippen molar-refractivity contribution in [1.29, 1.82) is 0 Å². The molecule has 3 fully saturated rings. The molecule has 3 aliphatic rings. The van der Waals surface area contributed by atoms with Gasteiger partial charge in [-0.25, -0.2) is 0 Å². The van der Waals surface area contributed by atoms with Crippen molar-refractivity contribution in [2.45, 2.75) is 102 Å². The number of carbonyl (C=O) groups is 5. The molecule has 0 radical (unpaired) electrons. The molecule has 3 saturated heterocycles. The molecule has 54 heavy (non-hydrogen) atoms. The Labute approximate surface area is 308 Å². The van der Waals surface area contributed by atoms with E-state index >= 15 is 0 Å². The van der Waals surface area contributed by atoms with E-state index in [1.807, 2.05) is 6.07 Å². The number of fused-ring (bicyclic) bond motifs is 1. The van der Waals surface area contributed by atoms with Crippen LogP contribution < -0.4 is 10.1 Å². The molecule has 1 N–H and O–H groups in total. The minimum absolute atomic E-state index is 0.0738. The van der Waals surface area contributed by atoms with Crippen LogP contribution in [0, 0.1) is 10.1 Å². The van der Waals surface area contributed by atoms with Crippen LogP contribution in [0.15, 0.2) is 54.6 Å². The van der Waals surface area contributed by atoms with Crippen molar-refractivity contribution in [2.24, 2.45) is 0 Å². The predicted octanol–water partition coefficient (Wildman–Crippen LogP) is 1.79. The quantitative estimate of drug-likeness (QED) is 0.141. The summed E-state index contributed by atoms with van der Waals surface area (Å²) in [5, 5.41) is 14.0. The largest absolute Gasteiger partial charge is 0.463 e. The Hall–Kier alpha value is -5.21. The van der Waals surface area contributed by atoms with Gasteiger partial charge in [-0.2, -0.15) is 0 Å². The number of amides is 1. The zero-order chi connectivity index (χ0) is 39.1. The summed E-state index contributed by atoms with van der Waals surface area (Å²) in [6, 6.07) is 12.8. The van der Waals surface area contributed by atoms with E-state index in [9.17, 15) is 34.1 Å². The number of rotatable bonds is 12. The van der Waals surface area contributed by atoms with Crippen LogP contribution >= 0.6 is 0 Å². The van der Waals surface area contributed by atoms with Gasteiger partial charge in [0.25, 0.3) is 5.69 Å². The lowest BCUT2D eigenvalue weighted by molar-refractivity contribution is -0.385. The molecule has 11 unspecified atom stereocenters. The predicted molar refractivity (Wildman–Crippen MR) is 177 cm³/mol. The Bertz CT molecular complexity index is 1670. The van der Waals surface area contributed by atoms with Crippen LogP contribution in [0.25, 0.3) is 0 Å². The molecule has 2 aromatic rings. The molecule has 1 amide bonds. The maximum atomic E-state index is 12.8. The van der Waals surface area contributed by atoms with Crippen molar-refractivity contribution in [1.82, 2.24) is 5.32 Å². The number of ether oxygens (including phenoxy) is 10. The Morgan fingerprint density at radius 2 is 1.39 bits per heavy atom. The van der Waals surface area contributed by atoms with Crippen molar-refractivity contribution >= 4 is 35.5 Å². The highest BCUT2D eigenvalue weighted by Gasteiger charge is 2.58. The van der Waals surface area contributed by atoms with E-state index in [0.29, 0.717) is 5.56 Å². The summed E-state index contributed by atoms with van der Waals surface area (Å²) in [6.07, 6.45) is -13.2. The molecule has 19 nitrogen and oxygen atoms in total. The number of nitrogens with zero attached hydrogens (tertiary/aromatic N) is 1. The summed E-state index contributed by atoms with van der Waals surface area (Å²) in [7, 11) is 0. The van der Waals surface area contributed by atoms with E-state index in [4.69, 9.17) is 47.4 Å². The number of nitro groups is 1. The molecule has 5 rings (SSSR count). The molecule has 3 aliphatic heterocycles. The highest BCUT2D eigenvalue weighted by Crippen LogP contribution is 2.39. The standard InChI is InChI=1S/C35H40N2O17/c1-17(38)36-27-30(54-35-32(49-21(5)42)31(48-20(4)41)29(47-19(3)40)25(52-35)15-45-18(2)39)28-26(16-46-33(53-28)22-9-7-6-8-10-22)51-34(27)50-24-13-11-23(12-14-24)37(43)44/h6-14,25-35H,15-16H2,1-5H3,(H,36,38). The zero-order valence-electron chi connectivity index (χ0n) is 29.8. The minimum atomic E-state index is -1.67. The maximum absolute atomic E-state index is 12.8. The summed E-state index contributed by atoms with van der Waals surface area (Å²) in [6.45, 7) is 5.04. The van der Waals surface area contributed by atoms with Crippen molar-refractivity contribution in [3.8, 4) is 5.75 Å². The van der Waals surface area contributed by atoms with E-state index in [0.717, 1.165) is 27.7 Å². The molecule has 0 bridgehead atoms. The zero-order valence-corrected chi connectivity index (χ0v) is 29.8. The molecule has 3 heterocycles. The van der Waals surface area contributed by atoms with Gasteiger partial charge >= 0.3 is 23.9 Å². The summed E-state index contributed by atoms with van der Waals surface area (Å²) < 4.78 is 59.5. The van der Waals surface area contributed by atoms with Gasteiger partial charge in [0.2, 0.25) is 12.2 Å². The molecular formula is C35H40N2O17. The van der Waals surface area contributed by atoms with Crippen LogP contribution in [0.3, 0.4) is 0 Å². The lowest BCUT2D eigenvalue weighted by Crippen LogP contribution is -2.70. The van der Waals surface area contributed by atoms with Crippen LogP contribution in [-0.2, 0) is 66.6 Å². The smallest absolute Gasteiger partial charge is 0.303 e. The fourth-order valence-electron chi connectivity index (χ4n) is 6.24. The van der Waals surface area contributed by atoms with E-state index in [1.165, 1.54) is 31.2 Å². The van der Waals surface area contributed by atoms with E-state index in [-0.39, 0.29) is 18.0 Å². The first kappa shape index (κ1) is 40.0. The lowest BCUT2D eigenvalue weighted by Gasteiger charge is -2.51. The number of esters is 4. The highest BCUT2D eigenvalue weighted by molar-refractivity contribution is 5.73. The Morgan fingerprint density at radius 3 is 1.98 bits per heavy atom. The fraction of sp³-hybridized carbons (Fsp3) is 0.514. The van der Waals surface area contributed by atoms with E-state index in [1.54, 1.807) is 24.3 Å². The monoisotopic (exact) mass is 760 g/mol. The van der Waals surface area contributed by atoms with Gasteiger partial charge in [0, 0.05) is 52.3 Å². The Balaban J connectivity index is 1.58. The first-order valence-corrected chi connectivity index (χ1v) is 16.8. The van der Waals surface area contributed by atoms with Crippen molar-refractivity contribution in [3.05, 3.63) is 70.3 Å². The van der Waals surface area contributed by atoms with Crippen LogP contribution in [0.2, 0.25) is 0 Å². The average Bonchev–Trinajstić information content (AvgIpc) is 3.11. The molecule has 0 saturated carbocycles. The topological polar surface area (TPSA) is 233 Å².